The maximum absolute atomic E-state index is 12.8. The number of carbonyl (C=O) groups is 1. The molecule has 2 aromatic carbocycles. The predicted molar refractivity (Wildman–Crippen MR) is 93.1 cm³/mol. The Hall–Kier alpha value is -0.880. The molecule has 2 unspecified atom stereocenters. The zero-order valence-electron chi connectivity index (χ0n) is 11.1. The zero-order chi connectivity index (χ0) is 15.9. The van der Waals surface area contributed by atoms with E-state index in [-0.39, 0.29) is 5.91 Å². The molecular weight excluding hydrogens is 409 g/mol. The molecule has 0 fully saturated rings. The molecule has 0 radical (unpaired) electrons. The molecule has 114 valence electrons. The van der Waals surface area contributed by atoms with Gasteiger partial charge in [0.05, 0.1) is 26.4 Å². The maximum atomic E-state index is 12.8. The Morgan fingerprint density at radius 3 is 2.73 bits per heavy atom. The van der Waals surface area contributed by atoms with Crippen molar-refractivity contribution in [3.63, 3.8) is 0 Å². The first-order chi connectivity index (χ1) is 10.5. The fourth-order valence-corrected chi connectivity index (χ4v) is 4.98. The lowest BCUT2D eigenvalue weighted by Gasteiger charge is -2.25. The molecule has 1 heterocycles. The van der Waals surface area contributed by atoms with E-state index >= 15 is 0 Å². The number of benzene rings is 2. The summed E-state index contributed by atoms with van der Waals surface area (Å²) in [6, 6.07) is 10.7. The minimum atomic E-state index is -1.53. The van der Waals surface area contributed by atoms with Crippen LogP contribution < -0.4 is 5.32 Å². The van der Waals surface area contributed by atoms with Crippen LogP contribution in [0, 0.1) is 0 Å². The minimum Gasteiger partial charge on any atom is -0.324 e. The van der Waals surface area contributed by atoms with Crippen molar-refractivity contribution in [2.45, 2.75) is 16.6 Å². The van der Waals surface area contributed by atoms with Crippen LogP contribution in [0.2, 0.25) is 10.0 Å². The van der Waals surface area contributed by atoms with Gasteiger partial charge in [-0.05, 0) is 36.2 Å². The van der Waals surface area contributed by atoms with Crippen molar-refractivity contribution >= 4 is 61.5 Å². The molecule has 0 aliphatic carbocycles. The second-order valence-corrected chi connectivity index (χ2v) is 8.21. The monoisotopic (exact) mass is 417 g/mol. The second-order valence-electron chi connectivity index (χ2n) is 4.87. The molecule has 3 nitrogen and oxygen atoms in total. The number of anilines is 1. The highest BCUT2D eigenvalue weighted by atomic mass is 79.9. The second kappa shape index (κ2) is 6.32. The molecule has 1 amide bonds. The van der Waals surface area contributed by atoms with Gasteiger partial charge in [-0.15, -0.1) is 0 Å². The highest BCUT2D eigenvalue weighted by Crippen LogP contribution is 2.37. The Morgan fingerprint density at radius 2 is 2.00 bits per heavy atom. The van der Waals surface area contributed by atoms with Crippen LogP contribution in [0.1, 0.15) is 5.56 Å². The number of hydrogen-bond acceptors (Lipinski definition) is 2. The molecule has 22 heavy (non-hydrogen) atoms. The van der Waals surface area contributed by atoms with Crippen LogP contribution in [-0.2, 0) is 22.0 Å². The Labute approximate surface area is 148 Å². The van der Waals surface area contributed by atoms with Gasteiger partial charge < -0.3 is 5.32 Å². The maximum Gasteiger partial charge on any atom is 0.240 e. The first kappa shape index (κ1) is 16.0. The third kappa shape index (κ3) is 3.08. The van der Waals surface area contributed by atoms with Crippen LogP contribution in [0.3, 0.4) is 0 Å². The van der Waals surface area contributed by atoms with E-state index in [1.165, 1.54) is 6.07 Å². The van der Waals surface area contributed by atoms with Crippen LogP contribution >= 0.6 is 39.1 Å². The van der Waals surface area contributed by atoms with Gasteiger partial charge in [0.1, 0.15) is 5.25 Å². The fraction of sp³-hybridized carbons (Fsp3) is 0.133. The SMILES string of the molecule is O=C1Nc2cc(Cl)cc(Cl)c2S(=O)C1Cc1cccc(Br)c1. The van der Waals surface area contributed by atoms with Gasteiger partial charge >= 0.3 is 0 Å². The lowest BCUT2D eigenvalue weighted by Crippen LogP contribution is -2.38. The van der Waals surface area contributed by atoms with Gasteiger partial charge in [0.2, 0.25) is 5.91 Å². The van der Waals surface area contributed by atoms with Gasteiger partial charge in [-0.3, -0.25) is 9.00 Å². The lowest BCUT2D eigenvalue weighted by molar-refractivity contribution is -0.115. The molecule has 1 N–H and O–H groups in total. The average Bonchev–Trinajstić information content (AvgIpc) is 2.42. The Balaban J connectivity index is 1.97. The molecule has 7 heteroatoms. The summed E-state index contributed by atoms with van der Waals surface area (Å²) in [6.45, 7) is 0. The average molecular weight is 419 g/mol. The van der Waals surface area contributed by atoms with E-state index in [9.17, 15) is 9.00 Å². The topological polar surface area (TPSA) is 46.2 Å². The predicted octanol–water partition coefficient (Wildman–Crippen LogP) is 4.43. The molecule has 0 saturated heterocycles. The largest absolute Gasteiger partial charge is 0.324 e. The Morgan fingerprint density at radius 1 is 1.23 bits per heavy atom. The summed E-state index contributed by atoms with van der Waals surface area (Å²) in [6.07, 6.45) is 0.371. The van der Waals surface area contributed by atoms with Crippen molar-refractivity contribution in [1.29, 1.82) is 0 Å². The molecule has 2 atom stereocenters. The molecule has 0 aromatic heterocycles. The summed E-state index contributed by atoms with van der Waals surface area (Å²) in [5.41, 5.74) is 1.35. The van der Waals surface area contributed by atoms with Crippen molar-refractivity contribution < 1.29 is 9.00 Å². The molecular formula is C15H10BrCl2NO2S. The fourth-order valence-electron chi connectivity index (χ4n) is 2.36. The van der Waals surface area contributed by atoms with Crippen molar-refractivity contribution in [2.24, 2.45) is 0 Å². The standard InChI is InChI=1S/C15H10BrCl2NO2S/c16-9-3-1-2-8(4-9)5-13-15(20)19-12-7-10(17)6-11(18)14(12)22(13)21/h1-4,6-7,13H,5H2,(H,19,20). The van der Waals surface area contributed by atoms with Crippen LogP contribution in [0.25, 0.3) is 0 Å². The van der Waals surface area contributed by atoms with Crippen molar-refractivity contribution in [3.05, 3.63) is 56.5 Å². The number of hydrogen-bond donors (Lipinski definition) is 1. The van der Waals surface area contributed by atoms with E-state index in [1.807, 2.05) is 24.3 Å². The summed E-state index contributed by atoms with van der Waals surface area (Å²) >= 11 is 15.5. The van der Waals surface area contributed by atoms with Crippen molar-refractivity contribution in [2.75, 3.05) is 5.32 Å². The molecule has 1 aliphatic rings. The molecule has 0 saturated carbocycles. The number of halogens is 3. The summed E-state index contributed by atoms with van der Waals surface area (Å²) in [5.74, 6) is -0.288. The highest BCUT2D eigenvalue weighted by molar-refractivity contribution is 9.10. The van der Waals surface area contributed by atoms with Crippen LogP contribution in [0.15, 0.2) is 45.8 Å². The summed E-state index contributed by atoms with van der Waals surface area (Å²) < 4.78 is 13.7. The first-order valence-electron chi connectivity index (χ1n) is 6.40. The van der Waals surface area contributed by atoms with Gasteiger partial charge in [-0.1, -0.05) is 51.3 Å². The van der Waals surface area contributed by atoms with Gasteiger partial charge in [0.15, 0.2) is 0 Å². The minimum absolute atomic E-state index is 0.288. The van der Waals surface area contributed by atoms with Gasteiger partial charge in [-0.25, -0.2) is 0 Å². The van der Waals surface area contributed by atoms with Crippen LogP contribution in [0.4, 0.5) is 5.69 Å². The third-order valence-electron chi connectivity index (χ3n) is 3.33. The number of carbonyl (C=O) groups excluding carboxylic acids is 1. The first-order valence-corrected chi connectivity index (χ1v) is 9.17. The number of fused-ring (bicyclic) bond motifs is 1. The molecule has 1 aliphatic heterocycles. The molecule has 0 bridgehead atoms. The summed E-state index contributed by atoms with van der Waals surface area (Å²) in [7, 11) is -1.53. The third-order valence-corrected chi connectivity index (χ3v) is 6.19. The molecule has 0 spiro atoms. The molecule has 3 rings (SSSR count). The Kier molecular flexibility index (Phi) is 4.59. The van der Waals surface area contributed by atoms with E-state index in [4.69, 9.17) is 23.2 Å². The van der Waals surface area contributed by atoms with Gasteiger partial charge in [0.25, 0.3) is 0 Å². The molecule has 2 aromatic rings. The number of nitrogens with one attached hydrogen (secondary N) is 1. The van der Waals surface area contributed by atoms with E-state index in [1.54, 1.807) is 6.07 Å². The lowest BCUT2D eigenvalue weighted by atomic mass is 10.1. The zero-order valence-corrected chi connectivity index (χ0v) is 15.0. The van der Waals surface area contributed by atoms with Crippen molar-refractivity contribution in [1.82, 2.24) is 0 Å². The number of rotatable bonds is 2. The van der Waals surface area contributed by atoms with Crippen LogP contribution in [-0.4, -0.2) is 15.4 Å². The van der Waals surface area contributed by atoms with Gasteiger partial charge in [-0.2, -0.15) is 0 Å². The normalized spacial score (nSPS) is 20.4. The summed E-state index contributed by atoms with van der Waals surface area (Å²) in [4.78, 5) is 12.7. The van der Waals surface area contributed by atoms with E-state index in [0.717, 1.165) is 10.0 Å². The van der Waals surface area contributed by atoms with E-state index in [0.29, 0.717) is 27.0 Å². The van der Waals surface area contributed by atoms with E-state index in [2.05, 4.69) is 21.2 Å². The quantitative estimate of drug-likeness (QED) is 0.784. The van der Waals surface area contributed by atoms with Crippen molar-refractivity contribution in [3.8, 4) is 0 Å². The Bertz CT molecular complexity index is 797. The van der Waals surface area contributed by atoms with Gasteiger partial charge in [0, 0.05) is 9.50 Å². The summed E-state index contributed by atoms with van der Waals surface area (Å²) in [5, 5.41) is 2.76. The highest BCUT2D eigenvalue weighted by Gasteiger charge is 2.35. The van der Waals surface area contributed by atoms with E-state index < -0.39 is 16.0 Å². The van der Waals surface area contributed by atoms with Crippen LogP contribution in [0.5, 0.6) is 0 Å². The smallest absolute Gasteiger partial charge is 0.240 e. The number of amides is 1.